The Hall–Kier alpha value is -2.39. The lowest BCUT2D eigenvalue weighted by Crippen LogP contribution is -2.08. The van der Waals surface area contributed by atoms with Gasteiger partial charge in [-0.1, -0.05) is 29.3 Å². The zero-order chi connectivity index (χ0) is 16.6. The molecule has 0 radical (unpaired) electrons. The van der Waals surface area contributed by atoms with Gasteiger partial charge in [-0.15, -0.1) is 0 Å². The molecule has 1 aromatic heterocycles. The minimum Gasteiger partial charge on any atom is -0.306 e. The number of imidazole rings is 1. The van der Waals surface area contributed by atoms with E-state index < -0.39 is 0 Å². The Bertz CT molecular complexity index is 859. The first-order valence-electron chi connectivity index (χ1n) is 7.38. The van der Waals surface area contributed by atoms with Crippen molar-refractivity contribution in [1.82, 2.24) is 9.55 Å². The first-order chi connectivity index (χ1) is 11.0. The lowest BCUT2D eigenvalue weighted by atomic mass is 9.93. The Morgan fingerprint density at radius 3 is 2.39 bits per heavy atom. The number of carbonyl (C=O) groups is 1. The third-order valence-corrected chi connectivity index (χ3v) is 4.23. The van der Waals surface area contributed by atoms with Crippen LogP contribution < -0.4 is 0 Å². The van der Waals surface area contributed by atoms with Crippen LogP contribution in [0.2, 0.25) is 5.02 Å². The molecule has 1 heterocycles. The summed E-state index contributed by atoms with van der Waals surface area (Å²) in [5.74, 6) is -0.0491. The Balaban J connectivity index is 2.12. The van der Waals surface area contributed by atoms with Crippen molar-refractivity contribution < 1.29 is 4.79 Å². The largest absolute Gasteiger partial charge is 0.306 e. The molecular weight excluding hydrogens is 308 g/mol. The van der Waals surface area contributed by atoms with Gasteiger partial charge >= 0.3 is 0 Å². The summed E-state index contributed by atoms with van der Waals surface area (Å²) in [5.41, 5.74) is 5.17. The van der Waals surface area contributed by atoms with E-state index in [9.17, 15) is 4.79 Å². The van der Waals surface area contributed by atoms with Crippen LogP contribution in [0.5, 0.6) is 0 Å². The Morgan fingerprint density at radius 2 is 1.78 bits per heavy atom. The molecule has 0 fully saturated rings. The lowest BCUT2D eigenvalue weighted by molar-refractivity contribution is 0.103. The monoisotopic (exact) mass is 324 g/mol. The van der Waals surface area contributed by atoms with Gasteiger partial charge < -0.3 is 4.57 Å². The zero-order valence-corrected chi connectivity index (χ0v) is 14.1. The van der Waals surface area contributed by atoms with E-state index in [1.165, 1.54) is 0 Å². The summed E-state index contributed by atoms with van der Waals surface area (Å²) in [6.45, 7) is 5.95. The van der Waals surface area contributed by atoms with Gasteiger partial charge in [0.05, 0.1) is 11.3 Å². The fourth-order valence-electron chi connectivity index (χ4n) is 2.93. The fourth-order valence-corrected chi connectivity index (χ4v) is 3.14. The second-order valence-corrected chi connectivity index (χ2v) is 6.14. The smallest absolute Gasteiger partial charge is 0.195 e. The highest BCUT2D eigenvalue weighted by molar-refractivity contribution is 6.35. The number of aromatic nitrogens is 2. The van der Waals surface area contributed by atoms with Gasteiger partial charge in [-0.05, 0) is 50.1 Å². The fraction of sp³-hybridized carbons (Fsp3) is 0.158. The molecule has 0 spiro atoms. The standard InChI is InChI=1S/C19H17ClN2O/c1-12-8-13(2)18(14(3)9-12)19(23)16-10-15(4-5-17(16)20)22-7-6-21-11-22/h4-11H,1-3H3. The zero-order valence-electron chi connectivity index (χ0n) is 13.3. The van der Waals surface area contributed by atoms with Crippen LogP contribution in [-0.4, -0.2) is 15.3 Å². The molecule has 0 saturated heterocycles. The van der Waals surface area contributed by atoms with E-state index in [0.29, 0.717) is 10.6 Å². The van der Waals surface area contributed by atoms with Crippen molar-refractivity contribution in [3.05, 3.63) is 81.9 Å². The molecule has 0 aliphatic heterocycles. The van der Waals surface area contributed by atoms with Crippen molar-refractivity contribution in [2.75, 3.05) is 0 Å². The van der Waals surface area contributed by atoms with Crippen molar-refractivity contribution in [1.29, 1.82) is 0 Å². The van der Waals surface area contributed by atoms with E-state index in [-0.39, 0.29) is 5.78 Å². The minimum absolute atomic E-state index is 0.0491. The Morgan fingerprint density at radius 1 is 1.09 bits per heavy atom. The predicted molar refractivity (Wildman–Crippen MR) is 92.7 cm³/mol. The molecule has 0 saturated carbocycles. The third kappa shape index (κ3) is 2.92. The van der Waals surface area contributed by atoms with Crippen LogP contribution in [0.25, 0.3) is 5.69 Å². The highest BCUT2D eigenvalue weighted by atomic mass is 35.5. The number of hydrogen-bond acceptors (Lipinski definition) is 2. The number of carbonyl (C=O) groups excluding carboxylic acids is 1. The molecule has 0 amide bonds. The van der Waals surface area contributed by atoms with E-state index in [2.05, 4.69) is 4.98 Å². The number of aryl methyl sites for hydroxylation is 3. The number of ketones is 1. The molecule has 0 aliphatic rings. The molecule has 3 rings (SSSR count). The summed E-state index contributed by atoms with van der Waals surface area (Å²) in [6.07, 6.45) is 5.23. The van der Waals surface area contributed by atoms with Gasteiger partial charge in [-0.3, -0.25) is 4.79 Å². The first kappa shape index (κ1) is 15.5. The Labute approximate surface area is 140 Å². The van der Waals surface area contributed by atoms with Gasteiger partial charge in [-0.25, -0.2) is 4.98 Å². The second-order valence-electron chi connectivity index (χ2n) is 5.74. The molecule has 2 aromatic carbocycles. The molecule has 3 nitrogen and oxygen atoms in total. The normalized spacial score (nSPS) is 10.8. The van der Waals surface area contributed by atoms with Crippen LogP contribution in [0.3, 0.4) is 0 Å². The summed E-state index contributed by atoms with van der Waals surface area (Å²) in [7, 11) is 0. The van der Waals surface area contributed by atoms with E-state index >= 15 is 0 Å². The van der Waals surface area contributed by atoms with Gasteiger partial charge in [0.2, 0.25) is 0 Å². The van der Waals surface area contributed by atoms with Crippen LogP contribution in [0.15, 0.2) is 49.1 Å². The summed E-state index contributed by atoms with van der Waals surface area (Å²) in [5, 5.41) is 0.457. The molecule has 116 valence electrons. The van der Waals surface area contributed by atoms with Crippen LogP contribution >= 0.6 is 11.6 Å². The molecule has 3 aromatic rings. The number of rotatable bonds is 3. The number of hydrogen-bond donors (Lipinski definition) is 0. The van der Waals surface area contributed by atoms with Gasteiger partial charge in [0.1, 0.15) is 0 Å². The summed E-state index contributed by atoms with van der Waals surface area (Å²) >= 11 is 6.29. The SMILES string of the molecule is Cc1cc(C)c(C(=O)c2cc(-n3ccnc3)ccc2Cl)c(C)c1. The molecular formula is C19H17ClN2O. The van der Waals surface area contributed by atoms with E-state index in [1.54, 1.807) is 18.6 Å². The highest BCUT2D eigenvalue weighted by Gasteiger charge is 2.18. The molecule has 0 unspecified atom stereocenters. The number of benzene rings is 2. The van der Waals surface area contributed by atoms with Crippen molar-refractivity contribution >= 4 is 17.4 Å². The maximum Gasteiger partial charge on any atom is 0.195 e. The number of halogens is 1. The van der Waals surface area contributed by atoms with Gasteiger partial charge in [-0.2, -0.15) is 0 Å². The molecule has 23 heavy (non-hydrogen) atoms. The second kappa shape index (κ2) is 6.01. The van der Waals surface area contributed by atoms with Crippen molar-refractivity contribution in [3.8, 4) is 5.69 Å². The molecule has 0 N–H and O–H groups in total. The maximum atomic E-state index is 13.0. The van der Waals surface area contributed by atoms with Crippen LogP contribution in [-0.2, 0) is 0 Å². The molecule has 0 aliphatic carbocycles. The summed E-state index contributed by atoms with van der Waals surface area (Å²) in [4.78, 5) is 17.1. The van der Waals surface area contributed by atoms with Crippen molar-refractivity contribution in [3.63, 3.8) is 0 Å². The summed E-state index contributed by atoms with van der Waals surface area (Å²) in [6, 6.07) is 9.48. The highest BCUT2D eigenvalue weighted by Crippen LogP contribution is 2.26. The van der Waals surface area contributed by atoms with E-state index in [4.69, 9.17) is 11.6 Å². The van der Waals surface area contributed by atoms with Gasteiger partial charge in [0.15, 0.2) is 5.78 Å². The van der Waals surface area contributed by atoms with Gasteiger partial charge in [0, 0.05) is 29.2 Å². The van der Waals surface area contributed by atoms with Crippen molar-refractivity contribution in [2.45, 2.75) is 20.8 Å². The quantitative estimate of drug-likeness (QED) is 0.655. The maximum absolute atomic E-state index is 13.0. The van der Waals surface area contributed by atoms with Crippen LogP contribution in [0.4, 0.5) is 0 Å². The van der Waals surface area contributed by atoms with E-state index in [1.807, 2.05) is 55.8 Å². The van der Waals surface area contributed by atoms with Crippen LogP contribution in [0.1, 0.15) is 32.6 Å². The average Bonchev–Trinajstić information content (AvgIpc) is 3.00. The lowest BCUT2D eigenvalue weighted by Gasteiger charge is -2.12. The topological polar surface area (TPSA) is 34.9 Å². The molecule has 0 bridgehead atoms. The third-order valence-electron chi connectivity index (χ3n) is 3.90. The van der Waals surface area contributed by atoms with Crippen LogP contribution in [0, 0.1) is 20.8 Å². The Kier molecular flexibility index (Phi) is 4.05. The minimum atomic E-state index is -0.0491. The van der Waals surface area contributed by atoms with Gasteiger partial charge in [0.25, 0.3) is 0 Å². The van der Waals surface area contributed by atoms with Crippen molar-refractivity contribution in [2.24, 2.45) is 0 Å². The molecule has 4 heteroatoms. The predicted octanol–water partition coefficient (Wildman–Crippen LogP) is 4.68. The van der Waals surface area contributed by atoms with E-state index in [0.717, 1.165) is 27.9 Å². The first-order valence-corrected chi connectivity index (χ1v) is 7.75. The average molecular weight is 325 g/mol. The number of nitrogens with zero attached hydrogens (tertiary/aromatic N) is 2. The summed E-state index contributed by atoms with van der Waals surface area (Å²) < 4.78 is 1.85. The molecule has 0 atom stereocenters.